The second kappa shape index (κ2) is 32.9. The fourth-order valence-corrected chi connectivity index (χ4v) is 9.24. The molecule has 2 aromatic heterocycles. The zero-order chi connectivity index (χ0) is 62.2. The van der Waals surface area contributed by atoms with E-state index in [9.17, 15) is 58.5 Å². The van der Waals surface area contributed by atoms with Crippen molar-refractivity contribution < 1.29 is 58.5 Å². The highest BCUT2D eigenvalue weighted by Gasteiger charge is 2.41. The maximum Gasteiger partial charge on any atom is 0.326 e. The van der Waals surface area contributed by atoms with Crippen molar-refractivity contribution in [2.75, 3.05) is 13.1 Å². The zero-order valence-electron chi connectivity index (χ0n) is 47.9. The topological polar surface area (TPSA) is 435 Å². The fourth-order valence-electron chi connectivity index (χ4n) is 9.24. The molecule has 1 fully saturated rings. The SMILES string of the molecule is CC[C@H](C)[C@H](NC(=O)[C@H](Cc1ccc(O)cc1)NC(=O)[C@@H](NC(=O)[C@H](CCCN=C(N)N)NC(=O)[C@@H](N)CC(=O)O)C(C)C)C(=O)N[C@@H](Cc1cnc[nH]1)C(=O)N1CCC[C@H]1C(=O)N[C@@H](Cc1ccccc1)C(=O)O.c1ccc2ncncc2c1. The summed E-state index contributed by atoms with van der Waals surface area (Å²) in [6.07, 6.45) is 6.28. The molecular formula is C58H77N15O12. The normalized spacial score (nSPS) is 15.6. The number of guanidine groups is 1. The number of carbonyl (C=O) groups excluding carboxylic acids is 7. The van der Waals surface area contributed by atoms with Crippen LogP contribution >= 0.6 is 0 Å². The van der Waals surface area contributed by atoms with E-state index in [1.165, 1.54) is 41.7 Å². The van der Waals surface area contributed by atoms with E-state index in [1.54, 1.807) is 64.4 Å². The Bertz CT molecular complexity index is 3010. The Balaban J connectivity index is 0.00000118. The van der Waals surface area contributed by atoms with Gasteiger partial charge in [0.1, 0.15) is 54.4 Å². The van der Waals surface area contributed by atoms with Crippen molar-refractivity contribution >= 4 is 70.2 Å². The van der Waals surface area contributed by atoms with Gasteiger partial charge >= 0.3 is 11.9 Å². The minimum atomic E-state index is -1.51. The van der Waals surface area contributed by atoms with E-state index in [1.807, 2.05) is 30.5 Å². The fraction of sp³-hybridized carbons (Fsp3) is 0.431. The summed E-state index contributed by atoms with van der Waals surface area (Å²) in [5.74, 6) is -9.64. The standard InChI is InChI=1S/C50H71N13O12.C8H6N2/c1-5-28(4)41(47(72)59-36(23-31-25-54-26-56-31)48(73)63-20-10-14-38(63)45(70)60-37(49(74)75)22-29-11-7-6-8-12-29)62-44(69)35(21-30-15-17-32(64)18-16-30)58-46(71)40(27(2)3)61-43(68)34(13-9-19-55-50(52)53)57-42(67)33(51)24-39(65)66;1-2-4-8-7(3-1)5-9-6-10-8/h6-8,11-12,15-18,25-28,33-38,40-41,64H,5,9-10,13-14,19-24,51H2,1-4H3,(H,54,56)(H,57,67)(H,58,71)(H,59,72)(H,60,70)(H,61,68)(H,62,69)(H,65,66)(H,74,75)(H4,52,53,55);1-6H/t28-,33-,34-,35-,36-,37-,38-,40-,41-;/m0./s1. The minimum absolute atomic E-state index is 0.00211. The largest absolute Gasteiger partial charge is 0.508 e. The van der Waals surface area contributed by atoms with E-state index in [4.69, 9.17) is 17.2 Å². The third-order valence-corrected chi connectivity index (χ3v) is 14.1. The van der Waals surface area contributed by atoms with E-state index in [0.717, 1.165) is 10.9 Å². The number of likely N-dealkylation sites (tertiary alicyclic amines) is 1. The quantitative estimate of drug-likeness (QED) is 0.0174. The molecule has 0 aliphatic carbocycles. The van der Waals surface area contributed by atoms with Gasteiger partial charge in [-0.1, -0.05) is 94.8 Å². The average molecular weight is 1180 g/mol. The number of aromatic amines is 1. The summed E-state index contributed by atoms with van der Waals surface area (Å²) in [4.78, 5) is 142. The van der Waals surface area contributed by atoms with Crippen molar-refractivity contribution in [3.05, 3.63) is 121 Å². The molecule has 456 valence electrons. The van der Waals surface area contributed by atoms with Gasteiger partial charge in [0.05, 0.1) is 24.3 Å². The molecule has 0 radical (unpaired) electrons. The second-order valence-corrected chi connectivity index (χ2v) is 21.0. The molecule has 16 N–H and O–H groups in total. The molecule has 0 bridgehead atoms. The first-order valence-electron chi connectivity index (χ1n) is 27.9. The Kier molecular flexibility index (Phi) is 25.7. The maximum atomic E-state index is 14.6. The molecule has 5 aromatic rings. The molecule has 7 amide bonds. The van der Waals surface area contributed by atoms with E-state index in [-0.39, 0.29) is 63.3 Å². The average Bonchev–Trinajstić information content (AvgIpc) is 4.07. The number of nitrogens with one attached hydrogen (secondary N) is 7. The van der Waals surface area contributed by atoms with Gasteiger partial charge in [-0.15, -0.1) is 0 Å². The van der Waals surface area contributed by atoms with Crippen LogP contribution in [0.15, 0.2) is 109 Å². The highest BCUT2D eigenvalue weighted by molar-refractivity contribution is 5.98. The van der Waals surface area contributed by atoms with Crippen LogP contribution in [0.2, 0.25) is 0 Å². The molecule has 1 saturated heterocycles. The van der Waals surface area contributed by atoms with Gasteiger partial charge in [0.15, 0.2) is 5.96 Å². The van der Waals surface area contributed by atoms with Crippen LogP contribution < -0.4 is 49.1 Å². The molecule has 27 heteroatoms. The van der Waals surface area contributed by atoms with Crippen LogP contribution in [0.4, 0.5) is 0 Å². The number of carbonyl (C=O) groups is 9. The van der Waals surface area contributed by atoms with Crippen molar-refractivity contribution in [1.82, 2.24) is 56.7 Å². The van der Waals surface area contributed by atoms with Crippen molar-refractivity contribution in [3.63, 3.8) is 0 Å². The summed E-state index contributed by atoms with van der Waals surface area (Å²) in [5, 5.41) is 46.2. The number of carboxylic acids is 2. The number of fused-ring (bicyclic) bond motifs is 1. The van der Waals surface area contributed by atoms with Crippen molar-refractivity contribution in [1.29, 1.82) is 0 Å². The number of hydrogen-bond acceptors (Lipinski definition) is 15. The molecule has 85 heavy (non-hydrogen) atoms. The number of phenols is 1. The van der Waals surface area contributed by atoms with Crippen LogP contribution in [-0.4, -0.2) is 161 Å². The maximum absolute atomic E-state index is 14.6. The molecule has 0 unspecified atom stereocenters. The van der Waals surface area contributed by atoms with Gasteiger partial charge in [-0.25, -0.2) is 19.7 Å². The lowest BCUT2D eigenvalue weighted by Crippen LogP contribution is -2.62. The van der Waals surface area contributed by atoms with Gasteiger partial charge in [-0.2, -0.15) is 0 Å². The molecule has 3 heterocycles. The van der Waals surface area contributed by atoms with Gasteiger partial charge in [0.2, 0.25) is 41.4 Å². The summed E-state index contributed by atoms with van der Waals surface area (Å²) in [6.45, 7) is 6.90. The summed E-state index contributed by atoms with van der Waals surface area (Å²) in [5.41, 5.74) is 19.2. The van der Waals surface area contributed by atoms with Crippen LogP contribution in [0.5, 0.6) is 5.75 Å². The lowest BCUT2D eigenvalue weighted by molar-refractivity contribution is -0.145. The number of rotatable bonds is 29. The Morgan fingerprint density at radius 3 is 1.96 bits per heavy atom. The molecular weight excluding hydrogens is 1100 g/mol. The first-order valence-corrected chi connectivity index (χ1v) is 27.9. The number of nitrogens with two attached hydrogens (primary N) is 3. The van der Waals surface area contributed by atoms with Crippen LogP contribution in [0.3, 0.4) is 0 Å². The monoisotopic (exact) mass is 1180 g/mol. The summed E-state index contributed by atoms with van der Waals surface area (Å²) in [6, 6.07) is 11.9. The first kappa shape index (κ1) is 66.3. The summed E-state index contributed by atoms with van der Waals surface area (Å²) < 4.78 is 0. The zero-order valence-corrected chi connectivity index (χ0v) is 47.9. The number of aromatic nitrogens is 4. The number of hydrogen-bond donors (Lipinski definition) is 13. The number of H-pyrrole nitrogens is 1. The molecule has 27 nitrogen and oxygen atoms in total. The van der Waals surface area contributed by atoms with Gasteiger partial charge in [-0.3, -0.25) is 43.3 Å². The number of benzene rings is 3. The second-order valence-electron chi connectivity index (χ2n) is 21.0. The van der Waals surface area contributed by atoms with E-state index in [0.29, 0.717) is 29.7 Å². The Morgan fingerprint density at radius 1 is 0.706 bits per heavy atom. The molecule has 3 aromatic carbocycles. The molecule has 0 saturated carbocycles. The number of phenolic OH excluding ortho intramolecular Hbond substituents is 1. The van der Waals surface area contributed by atoms with Crippen LogP contribution in [-0.2, 0) is 62.4 Å². The predicted molar refractivity (Wildman–Crippen MR) is 312 cm³/mol. The van der Waals surface area contributed by atoms with E-state index < -0.39 is 120 Å². The van der Waals surface area contributed by atoms with Gasteiger partial charge in [0, 0.05) is 55.8 Å². The van der Waals surface area contributed by atoms with Crippen LogP contribution in [0, 0.1) is 11.8 Å². The number of aliphatic imine (C=N–C) groups is 1. The number of imidazole rings is 1. The molecule has 1 aliphatic heterocycles. The Morgan fingerprint density at radius 2 is 1.33 bits per heavy atom. The first-order chi connectivity index (χ1) is 40.5. The lowest BCUT2D eigenvalue weighted by Gasteiger charge is -2.32. The summed E-state index contributed by atoms with van der Waals surface area (Å²) >= 11 is 0. The smallest absolute Gasteiger partial charge is 0.326 e. The van der Waals surface area contributed by atoms with Gasteiger partial charge < -0.3 is 74.3 Å². The number of para-hydroxylation sites is 1. The number of aliphatic carboxylic acids is 2. The van der Waals surface area contributed by atoms with Crippen LogP contribution in [0.25, 0.3) is 10.9 Å². The van der Waals surface area contributed by atoms with E-state index in [2.05, 4.69) is 56.8 Å². The number of nitrogens with zero attached hydrogens (tertiary/aromatic N) is 5. The highest BCUT2D eigenvalue weighted by Crippen LogP contribution is 2.22. The van der Waals surface area contributed by atoms with Gasteiger partial charge in [0.25, 0.3) is 0 Å². The Labute approximate surface area is 491 Å². The lowest BCUT2D eigenvalue weighted by atomic mass is 9.96. The highest BCUT2D eigenvalue weighted by atomic mass is 16.4. The summed E-state index contributed by atoms with van der Waals surface area (Å²) in [7, 11) is 0. The third kappa shape index (κ3) is 21.0. The number of aromatic hydroxyl groups is 1. The van der Waals surface area contributed by atoms with E-state index >= 15 is 0 Å². The number of carboxylic acid groups (broad SMARTS) is 2. The number of amides is 7. The Hall–Kier alpha value is -9.53. The van der Waals surface area contributed by atoms with Crippen molar-refractivity contribution in [2.45, 2.75) is 134 Å². The third-order valence-electron chi connectivity index (χ3n) is 14.1. The predicted octanol–water partition coefficient (Wildman–Crippen LogP) is 0.315. The molecule has 0 spiro atoms. The molecule has 6 rings (SSSR count). The van der Waals surface area contributed by atoms with Crippen LogP contribution in [0.1, 0.15) is 83.0 Å². The van der Waals surface area contributed by atoms with Crippen molar-refractivity contribution in [3.8, 4) is 5.75 Å². The minimum Gasteiger partial charge on any atom is -0.508 e. The molecule has 9 atom stereocenters. The van der Waals surface area contributed by atoms with Crippen molar-refractivity contribution in [2.24, 2.45) is 34.0 Å². The van der Waals surface area contributed by atoms with Gasteiger partial charge in [-0.05, 0) is 66.8 Å². The molecule has 1 aliphatic rings.